The monoisotopic (exact) mass is 385 g/mol. The van der Waals surface area contributed by atoms with Gasteiger partial charge in [0, 0.05) is 5.56 Å². The first kappa shape index (κ1) is 18.5. The van der Waals surface area contributed by atoms with Gasteiger partial charge in [-0.3, -0.25) is 9.69 Å². The van der Waals surface area contributed by atoms with E-state index in [1.54, 1.807) is 25.2 Å². The maximum atomic E-state index is 13.0. The third-order valence-corrected chi connectivity index (χ3v) is 5.42. The first-order valence-corrected chi connectivity index (χ1v) is 9.25. The standard InChI is InChI=1S/C20H19NO3S2/c1-12-8-9-13(2)15(10-12)21-19(22)17(26-20(21)25)11-14-6-5-7-16(23-3)18(14)24-4/h5-11H,1-4H3. The lowest BCUT2D eigenvalue weighted by Gasteiger charge is -2.17. The Morgan fingerprint density at radius 1 is 1.12 bits per heavy atom. The maximum absolute atomic E-state index is 13.0. The summed E-state index contributed by atoms with van der Waals surface area (Å²) in [7, 11) is 3.16. The number of ether oxygens (including phenoxy) is 2. The maximum Gasteiger partial charge on any atom is 0.270 e. The van der Waals surface area contributed by atoms with Crippen molar-refractivity contribution in [2.45, 2.75) is 13.8 Å². The predicted octanol–water partition coefficient (Wildman–Crippen LogP) is 4.73. The SMILES string of the molecule is COc1cccc(C=C2SC(=S)N(c3cc(C)ccc3C)C2=O)c1OC. The van der Waals surface area contributed by atoms with Crippen molar-refractivity contribution in [3.05, 3.63) is 58.0 Å². The first-order valence-electron chi connectivity index (χ1n) is 8.02. The fourth-order valence-electron chi connectivity index (χ4n) is 2.80. The number of benzene rings is 2. The number of hydrogen-bond acceptors (Lipinski definition) is 5. The molecule has 134 valence electrons. The number of anilines is 1. The van der Waals surface area contributed by atoms with Gasteiger partial charge in [-0.1, -0.05) is 48.2 Å². The van der Waals surface area contributed by atoms with E-state index in [9.17, 15) is 4.79 Å². The van der Waals surface area contributed by atoms with Gasteiger partial charge in [-0.05, 0) is 43.2 Å². The molecule has 26 heavy (non-hydrogen) atoms. The summed E-state index contributed by atoms with van der Waals surface area (Å²) in [5.74, 6) is 1.08. The zero-order valence-electron chi connectivity index (χ0n) is 15.0. The van der Waals surface area contributed by atoms with Crippen LogP contribution < -0.4 is 14.4 Å². The molecule has 2 aromatic rings. The number of carbonyl (C=O) groups is 1. The molecular weight excluding hydrogens is 366 g/mol. The van der Waals surface area contributed by atoms with Crippen LogP contribution in [0.5, 0.6) is 11.5 Å². The van der Waals surface area contributed by atoms with Crippen LogP contribution in [0.2, 0.25) is 0 Å². The van der Waals surface area contributed by atoms with Crippen molar-refractivity contribution < 1.29 is 14.3 Å². The van der Waals surface area contributed by atoms with Crippen molar-refractivity contribution in [2.75, 3.05) is 19.1 Å². The second kappa shape index (κ2) is 7.51. The van der Waals surface area contributed by atoms with Gasteiger partial charge in [0.2, 0.25) is 0 Å². The molecule has 2 aromatic carbocycles. The molecule has 0 aromatic heterocycles. The Morgan fingerprint density at radius 3 is 2.58 bits per heavy atom. The number of carbonyl (C=O) groups excluding carboxylic acids is 1. The minimum absolute atomic E-state index is 0.126. The van der Waals surface area contributed by atoms with Crippen molar-refractivity contribution in [3.63, 3.8) is 0 Å². The molecule has 6 heteroatoms. The molecular formula is C20H19NO3S2. The Hall–Kier alpha value is -2.31. The highest BCUT2D eigenvalue weighted by atomic mass is 32.2. The topological polar surface area (TPSA) is 38.8 Å². The number of para-hydroxylation sites is 1. The van der Waals surface area contributed by atoms with Crippen molar-refractivity contribution in [1.29, 1.82) is 0 Å². The number of thiocarbonyl (C=S) groups is 1. The molecule has 1 fully saturated rings. The van der Waals surface area contributed by atoms with Gasteiger partial charge in [0.15, 0.2) is 15.8 Å². The van der Waals surface area contributed by atoms with Crippen LogP contribution in [-0.2, 0) is 4.79 Å². The summed E-state index contributed by atoms with van der Waals surface area (Å²) in [5, 5.41) is 0. The van der Waals surface area contributed by atoms with Gasteiger partial charge in [0.25, 0.3) is 5.91 Å². The molecule has 0 spiro atoms. The fraction of sp³-hybridized carbons (Fsp3) is 0.200. The van der Waals surface area contributed by atoms with Crippen LogP contribution in [0.25, 0.3) is 6.08 Å². The molecule has 3 rings (SSSR count). The minimum atomic E-state index is -0.126. The van der Waals surface area contributed by atoms with E-state index in [2.05, 4.69) is 0 Å². The summed E-state index contributed by atoms with van der Waals surface area (Å²) in [6.07, 6.45) is 1.80. The molecule has 1 aliphatic heterocycles. The van der Waals surface area contributed by atoms with Crippen LogP contribution >= 0.6 is 24.0 Å². The van der Waals surface area contributed by atoms with E-state index < -0.39 is 0 Å². The Balaban J connectivity index is 2.02. The van der Waals surface area contributed by atoms with E-state index >= 15 is 0 Å². The van der Waals surface area contributed by atoms with Gasteiger partial charge in [-0.25, -0.2) is 0 Å². The van der Waals surface area contributed by atoms with Crippen LogP contribution in [0.1, 0.15) is 16.7 Å². The van der Waals surface area contributed by atoms with E-state index in [1.807, 2.05) is 50.2 Å². The summed E-state index contributed by atoms with van der Waals surface area (Å²) >= 11 is 6.77. The smallest absolute Gasteiger partial charge is 0.270 e. The summed E-state index contributed by atoms with van der Waals surface area (Å²) in [6, 6.07) is 11.6. The van der Waals surface area contributed by atoms with Gasteiger partial charge in [-0.2, -0.15) is 0 Å². The molecule has 0 aliphatic carbocycles. The van der Waals surface area contributed by atoms with E-state index in [0.717, 1.165) is 22.4 Å². The molecule has 0 unspecified atom stereocenters. The minimum Gasteiger partial charge on any atom is -0.493 e. The average Bonchev–Trinajstić information content (AvgIpc) is 2.90. The van der Waals surface area contributed by atoms with Crippen molar-refractivity contribution in [3.8, 4) is 11.5 Å². The van der Waals surface area contributed by atoms with Crippen LogP contribution in [0.3, 0.4) is 0 Å². The molecule has 1 amide bonds. The second-order valence-electron chi connectivity index (χ2n) is 5.89. The highest BCUT2D eigenvalue weighted by Crippen LogP contribution is 2.40. The largest absolute Gasteiger partial charge is 0.493 e. The Labute approximate surface area is 162 Å². The third-order valence-electron chi connectivity index (χ3n) is 4.12. The molecule has 1 saturated heterocycles. The zero-order valence-corrected chi connectivity index (χ0v) is 16.7. The highest BCUT2D eigenvalue weighted by molar-refractivity contribution is 8.27. The number of amides is 1. The lowest BCUT2D eigenvalue weighted by molar-refractivity contribution is -0.113. The van der Waals surface area contributed by atoms with E-state index in [4.69, 9.17) is 21.7 Å². The van der Waals surface area contributed by atoms with Gasteiger partial charge in [0.1, 0.15) is 0 Å². The van der Waals surface area contributed by atoms with Crippen LogP contribution in [0.4, 0.5) is 5.69 Å². The van der Waals surface area contributed by atoms with Crippen LogP contribution in [0, 0.1) is 13.8 Å². The molecule has 0 radical (unpaired) electrons. The lowest BCUT2D eigenvalue weighted by Crippen LogP contribution is -2.28. The fourth-order valence-corrected chi connectivity index (χ4v) is 4.08. The predicted molar refractivity (Wildman–Crippen MR) is 111 cm³/mol. The average molecular weight is 386 g/mol. The van der Waals surface area contributed by atoms with Gasteiger partial charge in [0.05, 0.1) is 24.8 Å². The van der Waals surface area contributed by atoms with Crippen LogP contribution in [-0.4, -0.2) is 24.4 Å². The highest BCUT2D eigenvalue weighted by Gasteiger charge is 2.34. The lowest BCUT2D eigenvalue weighted by atomic mass is 10.1. The van der Waals surface area contributed by atoms with Crippen molar-refractivity contribution in [2.24, 2.45) is 0 Å². The van der Waals surface area contributed by atoms with Crippen LogP contribution in [0.15, 0.2) is 41.3 Å². The normalized spacial score (nSPS) is 15.7. The number of hydrogen-bond donors (Lipinski definition) is 0. The first-order chi connectivity index (χ1) is 12.5. The summed E-state index contributed by atoms with van der Waals surface area (Å²) in [4.78, 5) is 15.2. The number of nitrogens with zero attached hydrogens (tertiary/aromatic N) is 1. The third kappa shape index (κ3) is 3.34. The summed E-state index contributed by atoms with van der Waals surface area (Å²) in [6.45, 7) is 3.97. The molecule has 1 heterocycles. The van der Waals surface area contributed by atoms with E-state index in [0.29, 0.717) is 20.7 Å². The number of methoxy groups -OCH3 is 2. The van der Waals surface area contributed by atoms with Gasteiger partial charge in [-0.15, -0.1) is 0 Å². The summed E-state index contributed by atoms with van der Waals surface area (Å²) < 4.78 is 11.3. The van der Waals surface area contributed by atoms with Crippen molar-refractivity contribution >= 4 is 46.0 Å². The number of thioether (sulfide) groups is 1. The number of aryl methyl sites for hydroxylation is 2. The van der Waals surface area contributed by atoms with Crippen molar-refractivity contribution in [1.82, 2.24) is 0 Å². The second-order valence-corrected chi connectivity index (χ2v) is 7.57. The molecule has 0 atom stereocenters. The molecule has 0 N–H and O–H groups in total. The summed E-state index contributed by atoms with van der Waals surface area (Å²) in [5.41, 5.74) is 3.69. The van der Waals surface area contributed by atoms with E-state index in [1.165, 1.54) is 11.8 Å². The number of rotatable bonds is 4. The van der Waals surface area contributed by atoms with Gasteiger partial charge < -0.3 is 9.47 Å². The van der Waals surface area contributed by atoms with E-state index in [-0.39, 0.29) is 5.91 Å². The zero-order chi connectivity index (χ0) is 18.8. The Bertz CT molecular complexity index is 921. The molecule has 4 nitrogen and oxygen atoms in total. The Morgan fingerprint density at radius 2 is 1.88 bits per heavy atom. The van der Waals surface area contributed by atoms with Gasteiger partial charge >= 0.3 is 0 Å². The Kier molecular flexibility index (Phi) is 5.34. The quantitative estimate of drug-likeness (QED) is 0.562. The molecule has 0 bridgehead atoms. The molecule has 0 saturated carbocycles. The molecule has 1 aliphatic rings.